The molecule has 0 saturated heterocycles. The topological polar surface area (TPSA) is 78.4 Å². The van der Waals surface area contributed by atoms with Crippen molar-refractivity contribution in [2.24, 2.45) is 0 Å². The molecular weight excluding hydrogens is 312 g/mol. The van der Waals surface area contributed by atoms with Gasteiger partial charge in [0.2, 0.25) is 11.8 Å². The lowest BCUT2D eigenvalue weighted by molar-refractivity contribution is -0.115. The first kappa shape index (κ1) is 16.9. The highest BCUT2D eigenvalue weighted by atomic mass is 32.2. The first-order chi connectivity index (χ1) is 11.0. The van der Waals surface area contributed by atoms with E-state index in [1.54, 1.807) is 19.1 Å². The Balaban J connectivity index is 1.77. The molecule has 0 spiro atoms. The van der Waals surface area contributed by atoms with Crippen LogP contribution >= 0.6 is 11.8 Å². The molecule has 0 radical (unpaired) electrons. The van der Waals surface area contributed by atoms with Gasteiger partial charge in [0.05, 0.1) is 11.0 Å². The number of anilines is 2. The molecule has 0 fully saturated rings. The van der Waals surface area contributed by atoms with E-state index in [9.17, 15) is 14.7 Å². The Hall–Kier alpha value is -2.47. The van der Waals surface area contributed by atoms with Gasteiger partial charge in [-0.2, -0.15) is 0 Å². The van der Waals surface area contributed by atoms with Gasteiger partial charge in [-0.3, -0.25) is 9.59 Å². The maximum absolute atomic E-state index is 12.0. The molecule has 2 amide bonds. The van der Waals surface area contributed by atoms with Crippen LogP contribution in [-0.4, -0.2) is 27.9 Å². The van der Waals surface area contributed by atoms with Crippen molar-refractivity contribution in [3.8, 4) is 5.75 Å². The largest absolute Gasteiger partial charge is 0.508 e. The van der Waals surface area contributed by atoms with Crippen molar-refractivity contribution < 1.29 is 14.7 Å². The third kappa shape index (κ3) is 5.67. The molecule has 1 unspecified atom stereocenters. The predicted octanol–water partition coefficient (Wildman–Crippen LogP) is 3.09. The number of phenols is 1. The summed E-state index contributed by atoms with van der Waals surface area (Å²) in [7, 11) is 0. The average molecular weight is 330 g/mol. The van der Waals surface area contributed by atoms with E-state index in [1.165, 1.54) is 23.9 Å². The number of amides is 2. The summed E-state index contributed by atoms with van der Waals surface area (Å²) in [5, 5.41) is 14.3. The molecule has 2 rings (SSSR count). The van der Waals surface area contributed by atoms with E-state index < -0.39 is 0 Å². The zero-order valence-corrected chi connectivity index (χ0v) is 13.5. The summed E-state index contributed by atoms with van der Waals surface area (Å²) < 4.78 is 0. The summed E-state index contributed by atoms with van der Waals surface area (Å²) in [6.07, 6.45) is 0. The number of rotatable bonds is 6. The molecular formula is C17H18N2O3S. The lowest BCUT2D eigenvalue weighted by atomic mass is 10.3. The third-order valence-corrected chi connectivity index (χ3v) is 4.17. The van der Waals surface area contributed by atoms with Gasteiger partial charge in [0.1, 0.15) is 5.75 Å². The molecule has 0 aliphatic rings. The summed E-state index contributed by atoms with van der Waals surface area (Å²) in [6.45, 7) is 1.75. The first-order valence-electron chi connectivity index (χ1n) is 7.11. The van der Waals surface area contributed by atoms with Crippen LogP contribution in [0.4, 0.5) is 11.4 Å². The van der Waals surface area contributed by atoms with Crippen LogP contribution in [0.3, 0.4) is 0 Å². The van der Waals surface area contributed by atoms with Gasteiger partial charge in [-0.15, -0.1) is 11.8 Å². The molecule has 0 saturated carbocycles. The number of nitrogens with one attached hydrogen (secondary N) is 2. The number of aromatic hydroxyl groups is 1. The molecule has 23 heavy (non-hydrogen) atoms. The van der Waals surface area contributed by atoms with E-state index in [2.05, 4.69) is 10.6 Å². The molecule has 0 bridgehead atoms. The Morgan fingerprint density at radius 2 is 1.61 bits per heavy atom. The van der Waals surface area contributed by atoms with Crippen LogP contribution < -0.4 is 10.6 Å². The second-order valence-corrected chi connectivity index (χ2v) is 6.23. The van der Waals surface area contributed by atoms with Gasteiger partial charge in [-0.25, -0.2) is 0 Å². The average Bonchev–Trinajstić information content (AvgIpc) is 2.55. The van der Waals surface area contributed by atoms with E-state index in [0.717, 1.165) is 5.69 Å². The Morgan fingerprint density at radius 3 is 2.26 bits per heavy atom. The highest BCUT2D eigenvalue weighted by molar-refractivity contribution is 8.01. The van der Waals surface area contributed by atoms with E-state index in [4.69, 9.17) is 0 Å². The van der Waals surface area contributed by atoms with E-state index in [1.807, 2.05) is 30.3 Å². The minimum Gasteiger partial charge on any atom is -0.508 e. The Labute approximate surface area is 139 Å². The fourth-order valence-electron chi connectivity index (χ4n) is 1.78. The summed E-state index contributed by atoms with van der Waals surface area (Å²) in [5.41, 5.74) is 1.34. The predicted molar refractivity (Wildman–Crippen MR) is 93.7 cm³/mol. The Kier molecular flexibility index (Phi) is 6.05. The van der Waals surface area contributed by atoms with Crippen molar-refractivity contribution in [3.63, 3.8) is 0 Å². The number of phenolic OH excluding ortho intramolecular Hbond substituents is 1. The minimum atomic E-state index is -0.370. The fraction of sp³-hybridized carbons (Fsp3) is 0.176. The standard InChI is InChI=1S/C17H18N2O3S/c1-12(17(22)19-14-7-9-15(20)10-8-14)23-11-16(21)18-13-5-3-2-4-6-13/h2-10,12,20H,11H2,1H3,(H,18,21)(H,19,22). The van der Waals surface area contributed by atoms with Crippen molar-refractivity contribution in [1.82, 2.24) is 0 Å². The monoisotopic (exact) mass is 330 g/mol. The van der Waals surface area contributed by atoms with Crippen molar-refractivity contribution >= 4 is 35.0 Å². The highest BCUT2D eigenvalue weighted by Gasteiger charge is 2.15. The van der Waals surface area contributed by atoms with Gasteiger partial charge in [0.15, 0.2) is 0 Å². The third-order valence-electron chi connectivity index (χ3n) is 3.03. The van der Waals surface area contributed by atoms with Gasteiger partial charge in [-0.1, -0.05) is 18.2 Å². The summed E-state index contributed by atoms with van der Waals surface area (Å²) in [4.78, 5) is 23.9. The molecule has 0 heterocycles. The molecule has 2 aromatic rings. The van der Waals surface area contributed by atoms with Gasteiger partial charge >= 0.3 is 0 Å². The second kappa shape index (κ2) is 8.24. The quantitative estimate of drug-likeness (QED) is 0.711. The van der Waals surface area contributed by atoms with Gasteiger partial charge in [-0.05, 0) is 43.3 Å². The Bertz CT molecular complexity index is 659. The minimum absolute atomic E-state index is 0.142. The zero-order chi connectivity index (χ0) is 16.7. The normalized spacial score (nSPS) is 11.5. The highest BCUT2D eigenvalue weighted by Crippen LogP contribution is 2.17. The smallest absolute Gasteiger partial charge is 0.237 e. The fourth-order valence-corrected chi connectivity index (χ4v) is 2.47. The second-order valence-electron chi connectivity index (χ2n) is 4.90. The van der Waals surface area contributed by atoms with Crippen molar-refractivity contribution in [1.29, 1.82) is 0 Å². The number of hydrogen-bond donors (Lipinski definition) is 3. The number of hydrogen-bond acceptors (Lipinski definition) is 4. The van der Waals surface area contributed by atoms with Crippen LogP contribution in [0.2, 0.25) is 0 Å². The molecule has 0 aliphatic carbocycles. The van der Waals surface area contributed by atoms with Crippen molar-refractivity contribution in [2.75, 3.05) is 16.4 Å². The van der Waals surface area contributed by atoms with Crippen molar-refractivity contribution in [3.05, 3.63) is 54.6 Å². The Morgan fingerprint density at radius 1 is 1.00 bits per heavy atom. The number of carbonyl (C=O) groups excluding carboxylic acids is 2. The molecule has 5 nitrogen and oxygen atoms in total. The number of thioether (sulfide) groups is 1. The van der Waals surface area contributed by atoms with Crippen LogP contribution in [0.25, 0.3) is 0 Å². The van der Waals surface area contributed by atoms with Gasteiger partial charge in [0, 0.05) is 11.4 Å². The van der Waals surface area contributed by atoms with E-state index in [0.29, 0.717) is 5.69 Å². The lowest BCUT2D eigenvalue weighted by Gasteiger charge is -2.12. The molecule has 1 atom stereocenters. The van der Waals surface area contributed by atoms with Gasteiger partial charge in [0.25, 0.3) is 0 Å². The number of para-hydroxylation sites is 1. The molecule has 3 N–H and O–H groups in total. The lowest BCUT2D eigenvalue weighted by Crippen LogP contribution is -2.25. The number of benzene rings is 2. The molecule has 120 valence electrons. The molecule has 0 aliphatic heterocycles. The summed E-state index contributed by atoms with van der Waals surface area (Å²) in [6, 6.07) is 15.4. The van der Waals surface area contributed by atoms with Crippen LogP contribution in [0.15, 0.2) is 54.6 Å². The van der Waals surface area contributed by atoms with Crippen LogP contribution in [0, 0.1) is 0 Å². The maximum Gasteiger partial charge on any atom is 0.237 e. The van der Waals surface area contributed by atoms with E-state index in [-0.39, 0.29) is 28.6 Å². The summed E-state index contributed by atoms with van der Waals surface area (Å²) in [5.74, 6) is 0.000631. The molecule has 6 heteroatoms. The van der Waals surface area contributed by atoms with Gasteiger partial charge < -0.3 is 15.7 Å². The molecule has 0 aromatic heterocycles. The van der Waals surface area contributed by atoms with Crippen LogP contribution in [0.1, 0.15) is 6.92 Å². The van der Waals surface area contributed by atoms with Crippen molar-refractivity contribution in [2.45, 2.75) is 12.2 Å². The maximum atomic E-state index is 12.0. The number of carbonyl (C=O) groups is 2. The van der Waals surface area contributed by atoms with Crippen LogP contribution in [0.5, 0.6) is 5.75 Å². The van der Waals surface area contributed by atoms with Crippen LogP contribution in [-0.2, 0) is 9.59 Å². The SMILES string of the molecule is CC(SCC(=O)Nc1ccccc1)C(=O)Nc1ccc(O)cc1. The molecule has 2 aromatic carbocycles. The summed E-state index contributed by atoms with van der Waals surface area (Å²) >= 11 is 1.26. The zero-order valence-electron chi connectivity index (χ0n) is 12.7. The first-order valence-corrected chi connectivity index (χ1v) is 8.16. The van der Waals surface area contributed by atoms with E-state index >= 15 is 0 Å².